The summed E-state index contributed by atoms with van der Waals surface area (Å²) in [6, 6.07) is 14.8. The fourth-order valence-electron chi connectivity index (χ4n) is 6.41. The molecule has 3 heterocycles. The largest absolute Gasteiger partial charge is 0.492 e. The number of amides is 1. The topological polar surface area (TPSA) is 93.1 Å². The maximum absolute atomic E-state index is 12.0. The van der Waals surface area contributed by atoms with Crippen molar-refractivity contribution in [3.8, 4) is 5.75 Å². The molecule has 1 aliphatic carbocycles. The molecule has 1 N–H and O–H groups in total. The van der Waals surface area contributed by atoms with Crippen molar-refractivity contribution < 1.29 is 28.3 Å². The van der Waals surface area contributed by atoms with Crippen molar-refractivity contribution in [1.29, 1.82) is 0 Å². The average Bonchev–Trinajstić information content (AvgIpc) is 3.50. The Morgan fingerprint density at radius 2 is 1.68 bits per heavy atom. The predicted molar refractivity (Wildman–Crippen MR) is 184 cm³/mol. The number of alkyl carbamates (subject to hydrolysis) is 1. The van der Waals surface area contributed by atoms with Crippen LogP contribution in [0.1, 0.15) is 104 Å². The predicted octanol–water partition coefficient (Wildman–Crippen LogP) is 7.87. The van der Waals surface area contributed by atoms with E-state index in [2.05, 4.69) is 63.3 Å². The third-order valence-electron chi connectivity index (χ3n) is 9.84. The van der Waals surface area contributed by atoms with E-state index in [4.69, 9.17) is 28.6 Å². The van der Waals surface area contributed by atoms with E-state index in [1.54, 1.807) is 0 Å². The van der Waals surface area contributed by atoms with Gasteiger partial charge in [-0.3, -0.25) is 0 Å². The quantitative estimate of drug-likeness (QED) is 0.187. The molecule has 9 nitrogen and oxygen atoms in total. The standard InChI is InChI=1S/C37H50BN3O6/c1-35(2,3)45-34(42)39-20-22-43-29-17-14-25(15-18-29)32(33(26-11-10-12-26)38-46-36(4,5)37(6,7)47-38)27-16-19-30-28(23-27)24-40-41(30)31-13-8-9-21-44-31/h14-19,23-24,26,31H,8-13,20-22H2,1-7H3,(H,39,42)/b33-32+. The highest BCUT2D eigenvalue weighted by atomic mass is 16.7. The molecule has 10 heteroatoms. The van der Waals surface area contributed by atoms with Gasteiger partial charge < -0.3 is 28.8 Å². The van der Waals surface area contributed by atoms with Crippen LogP contribution in [-0.4, -0.2) is 59.6 Å². The molecule has 3 fully saturated rings. The number of hydrogen-bond acceptors (Lipinski definition) is 7. The van der Waals surface area contributed by atoms with Crippen LogP contribution in [0.25, 0.3) is 16.5 Å². The summed E-state index contributed by atoms with van der Waals surface area (Å²) in [6.45, 7) is 15.4. The van der Waals surface area contributed by atoms with Crippen molar-refractivity contribution >= 4 is 29.7 Å². The number of allylic oxidation sites excluding steroid dienone is 1. The summed E-state index contributed by atoms with van der Waals surface area (Å²) in [5, 5.41) is 8.59. The summed E-state index contributed by atoms with van der Waals surface area (Å²) in [6.07, 6.45) is 8.10. The number of hydrogen-bond donors (Lipinski definition) is 1. The highest BCUT2D eigenvalue weighted by Crippen LogP contribution is 2.47. The molecule has 3 aliphatic rings. The Hall–Kier alpha value is -3.34. The molecular weight excluding hydrogens is 593 g/mol. The third-order valence-corrected chi connectivity index (χ3v) is 9.84. The Morgan fingerprint density at radius 1 is 0.979 bits per heavy atom. The second-order valence-corrected chi connectivity index (χ2v) is 15.0. The molecule has 2 saturated heterocycles. The van der Waals surface area contributed by atoms with Crippen molar-refractivity contribution in [3.05, 3.63) is 65.3 Å². The minimum absolute atomic E-state index is 0.0238. The molecule has 1 aromatic heterocycles. The minimum atomic E-state index is -0.542. The van der Waals surface area contributed by atoms with Gasteiger partial charge in [0.25, 0.3) is 0 Å². The van der Waals surface area contributed by atoms with Gasteiger partial charge in [0.2, 0.25) is 0 Å². The van der Waals surface area contributed by atoms with E-state index >= 15 is 0 Å². The zero-order valence-electron chi connectivity index (χ0n) is 29.1. The van der Waals surface area contributed by atoms with Gasteiger partial charge in [-0.15, -0.1) is 0 Å². The average molecular weight is 644 g/mol. The van der Waals surface area contributed by atoms with E-state index in [1.165, 1.54) is 11.9 Å². The smallest absolute Gasteiger partial charge is 0.491 e. The van der Waals surface area contributed by atoms with Crippen molar-refractivity contribution in [1.82, 2.24) is 15.1 Å². The fourth-order valence-corrected chi connectivity index (χ4v) is 6.41. The second-order valence-electron chi connectivity index (χ2n) is 15.0. The Morgan fingerprint density at radius 3 is 2.30 bits per heavy atom. The van der Waals surface area contributed by atoms with E-state index in [9.17, 15) is 4.79 Å². The number of carbonyl (C=O) groups is 1. The van der Waals surface area contributed by atoms with Gasteiger partial charge in [0.15, 0.2) is 6.23 Å². The Labute approximate surface area is 279 Å². The SMILES string of the molecule is CC(C)(C)OC(=O)NCCOc1ccc(/C(=C(\B2OC(C)(C)C(C)(C)O2)C2CCC2)c2ccc3c(cnn3C3CCCCO3)c2)cc1. The summed E-state index contributed by atoms with van der Waals surface area (Å²) < 4.78 is 32.9. The van der Waals surface area contributed by atoms with E-state index in [-0.39, 0.29) is 6.23 Å². The van der Waals surface area contributed by atoms with Crippen molar-refractivity contribution in [2.75, 3.05) is 19.8 Å². The minimum Gasteiger partial charge on any atom is -0.492 e. The molecule has 1 saturated carbocycles. The summed E-state index contributed by atoms with van der Waals surface area (Å²) >= 11 is 0. The van der Waals surface area contributed by atoms with Gasteiger partial charge in [0.1, 0.15) is 18.0 Å². The highest BCUT2D eigenvalue weighted by Gasteiger charge is 2.54. The van der Waals surface area contributed by atoms with E-state index in [1.807, 2.05) is 43.8 Å². The molecule has 1 unspecified atom stereocenters. The van der Waals surface area contributed by atoms with Crippen LogP contribution in [-0.2, 0) is 18.8 Å². The van der Waals surface area contributed by atoms with Crippen molar-refractivity contribution in [2.24, 2.45) is 5.92 Å². The summed E-state index contributed by atoms with van der Waals surface area (Å²) in [5.41, 5.74) is 4.14. The van der Waals surface area contributed by atoms with E-state index in [0.29, 0.717) is 19.1 Å². The lowest BCUT2D eigenvalue weighted by Crippen LogP contribution is -2.41. The first-order valence-electron chi connectivity index (χ1n) is 17.2. The lowest BCUT2D eigenvalue weighted by atomic mass is 9.60. The Bertz CT molecular complexity index is 1580. The maximum Gasteiger partial charge on any atom is 0.491 e. The zero-order chi connectivity index (χ0) is 33.4. The molecule has 1 amide bonds. The van der Waals surface area contributed by atoms with Crippen LogP contribution in [0.5, 0.6) is 5.75 Å². The molecule has 0 spiro atoms. The fraction of sp³-hybridized carbons (Fsp3) is 0.568. The van der Waals surface area contributed by atoms with Crippen LogP contribution in [0.2, 0.25) is 0 Å². The van der Waals surface area contributed by atoms with Crippen LogP contribution >= 0.6 is 0 Å². The van der Waals surface area contributed by atoms with Crippen molar-refractivity contribution in [3.63, 3.8) is 0 Å². The number of fused-ring (bicyclic) bond motifs is 1. The third kappa shape index (κ3) is 7.40. The number of benzene rings is 2. The first kappa shape index (κ1) is 33.6. The number of nitrogens with zero attached hydrogens (tertiary/aromatic N) is 2. The van der Waals surface area contributed by atoms with Crippen LogP contribution in [0.4, 0.5) is 4.79 Å². The molecular formula is C37H50BN3O6. The molecule has 1 atom stereocenters. The van der Waals surface area contributed by atoms with Crippen LogP contribution < -0.4 is 10.1 Å². The van der Waals surface area contributed by atoms with Crippen LogP contribution in [0.3, 0.4) is 0 Å². The van der Waals surface area contributed by atoms with Gasteiger partial charge in [-0.05, 0) is 133 Å². The first-order chi connectivity index (χ1) is 22.3. The van der Waals surface area contributed by atoms with Crippen LogP contribution in [0.15, 0.2) is 54.1 Å². The summed E-state index contributed by atoms with van der Waals surface area (Å²) in [7, 11) is -0.454. The normalized spacial score (nSPS) is 21.7. The number of nitrogens with one attached hydrogen (secondary N) is 1. The lowest BCUT2D eigenvalue weighted by molar-refractivity contribution is -0.0366. The Kier molecular flexibility index (Phi) is 9.49. The van der Waals surface area contributed by atoms with Gasteiger partial charge in [0, 0.05) is 12.0 Å². The second kappa shape index (κ2) is 13.3. The molecule has 2 aromatic carbocycles. The number of rotatable bonds is 9. The van der Waals surface area contributed by atoms with Gasteiger partial charge in [-0.1, -0.05) is 24.6 Å². The van der Waals surface area contributed by atoms with Gasteiger partial charge in [-0.25, -0.2) is 9.48 Å². The lowest BCUT2D eigenvalue weighted by Gasteiger charge is -2.32. The molecule has 0 radical (unpaired) electrons. The summed E-state index contributed by atoms with van der Waals surface area (Å²) in [5.74, 6) is 1.09. The molecule has 252 valence electrons. The highest BCUT2D eigenvalue weighted by molar-refractivity contribution is 6.56. The molecule has 6 rings (SSSR count). The van der Waals surface area contributed by atoms with Gasteiger partial charge in [0.05, 0.1) is 29.5 Å². The number of aromatic nitrogens is 2. The summed E-state index contributed by atoms with van der Waals surface area (Å²) in [4.78, 5) is 12.0. The molecule has 47 heavy (non-hydrogen) atoms. The Balaban J connectivity index is 1.33. The first-order valence-corrected chi connectivity index (χ1v) is 17.2. The molecule has 3 aromatic rings. The molecule has 2 aliphatic heterocycles. The molecule has 0 bridgehead atoms. The zero-order valence-corrected chi connectivity index (χ0v) is 29.1. The van der Waals surface area contributed by atoms with Crippen molar-refractivity contribution in [2.45, 2.75) is 110 Å². The monoisotopic (exact) mass is 643 g/mol. The van der Waals surface area contributed by atoms with E-state index < -0.39 is 30.0 Å². The van der Waals surface area contributed by atoms with Gasteiger partial charge in [-0.2, -0.15) is 5.10 Å². The number of ether oxygens (including phenoxy) is 3. The maximum atomic E-state index is 12.0. The number of carbonyl (C=O) groups excluding carboxylic acids is 1. The van der Waals surface area contributed by atoms with Gasteiger partial charge >= 0.3 is 13.2 Å². The van der Waals surface area contributed by atoms with Crippen LogP contribution in [0, 0.1) is 5.92 Å². The van der Waals surface area contributed by atoms with E-state index in [0.717, 1.165) is 72.1 Å².